The Bertz CT molecular complexity index is 615. The summed E-state index contributed by atoms with van der Waals surface area (Å²) in [6.07, 6.45) is 6.15. The normalized spacial score (nSPS) is 24.5. The van der Waals surface area contributed by atoms with E-state index in [1.165, 1.54) is 12.8 Å². The third kappa shape index (κ3) is 3.72. The first-order valence-electron chi connectivity index (χ1n) is 8.21. The zero-order valence-electron chi connectivity index (χ0n) is 13.1. The smallest absolute Gasteiger partial charge is 0.222 e. The average Bonchev–Trinajstić information content (AvgIpc) is 3.34. The minimum Gasteiger partial charge on any atom is -0.342 e. The lowest BCUT2D eigenvalue weighted by atomic mass is 9.72. The van der Waals surface area contributed by atoms with Crippen molar-refractivity contribution in [2.45, 2.75) is 43.9 Å². The van der Waals surface area contributed by atoms with Crippen LogP contribution in [-0.2, 0) is 15.0 Å². The number of carbonyl (C=O) groups is 2. The van der Waals surface area contributed by atoms with Crippen LogP contribution in [0.4, 0.5) is 0 Å². The van der Waals surface area contributed by atoms with Crippen molar-refractivity contribution in [3.8, 4) is 0 Å². The highest BCUT2D eigenvalue weighted by molar-refractivity contribution is 6.42. The Morgan fingerprint density at radius 2 is 2.09 bits per heavy atom. The number of piperidine rings is 1. The van der Waals surface area contributed by atoms with E-state index in [0.29, 0.717) is 35.3 Å². The Hall–Kier alpha value is -1.06. The molecule has 3 rings (SSSR count). The van der Waals surface area contributed by atoms with E-state index in [1.54, 1.807) is 6.07 Å². The molecule has 1 saturated heterocycles. The van der Waals surface area contributed by atoms with Crippen molar-refractivity contribution >= 4 is 35.4 Å². The molecule has 0 aromatic heterocycles. The average molecular weight is 354 g/mol. The van der Waals surface area contributed by atoms with Crippen LogP contribution in [0.3, 0.4) is 0 Å². The molecule has 2 aliphatic rings. The molecule has 1 heterocycles. The Labute approximate surface area is 146 Å². The van der Waals surface area contributed by atoms with Crippen LogP contribution in [-0.4, -0.2) is 30.2 Å². The van der Waals surface area contributed by atoms with E-state index in [4.69, 9.17) is 23.2 Å². The highest BCUT2D eigenvalue weighted by Gasteiger charge is 2.39. The van der Waals surface area contributed by atoms with Crippen molar-refractivity contribution in [3.05, 3.63) is 33.8 Å². The van der Waals surface area contributed by atoms with Crippen LogP contribution in [0.5, 0.6) is 0 Å². The summed E-state index contributed by atoms with van der Waals surface area (Å²) in [5.41, 5.74) is 0.663. The number of hydrogen-bond donors (Lipinski definition) is 0. The molecule has 1 amide bonds. The van der Waals surface area contributed by atoms with Crippen LogP contribution >= 0.6 is 23.2 Å². The molecule has 1 aliphatic carbocycles. The van der Waals surface area contributed by atoms with Crippen molar-refractivity contribution in [1.29, 1.82) is 0 Å². The molecule has 124 valence electrons. The van der Waals surface area contributed by atoms with Crippen LogP contribution in [0.2, 0.25) is 10.0 Å². The van der Waals surface area contributed by atoms with Crippen LogP contribution in [0.1, 0.15) is 44.1 Å². The number of aldehydes is 1. The molecule has 1 aromatic carbocycles. The van der Waals surface area contributed by atoms with Crippen molar-refractivity contribution in [3.63, 3.8) is 0 Å². The lowest BCUT2D eigenvalue weighted by molar-refractivity contribution is -0.134. The zero-order valence-corrected chi connectivity index (χ0v) is 14.6. The predicted molar refractivity (Wildman–Crippen MR) is 92.0 cm³/mol. The molecule has 1 saturated carbocycles. The van der Waals surface area contributed by atoms with Gasteiger partial charge in [0, 0.05) is 31.3 Å². The van der Waals surface area contributed by atoms with E-state index in [1.807, 2.05) is 17.0 Å². The fraction of sp³-hybridized carbons (Fsp3) is 0.556. The third-order valence-corrected chi connectivity index (χ3v) is 5.83. The topological polar surface area (TPSA) is 37.4 Å². The van der Waals surface area contributed by atoms with Gasteiger partial charge in [0.2, 0.25) is 5.91 Å². The molecular weight excluding hydrogens is 333 g/mol. The van der Waals surface area contributed by atoms with Crippen molar-refractivity contribution in [2.75, 3.05) is 13.1 Å². The molecule has 23 heavy (non-hydrogen) atoms. The quantitative estimate of drug-likeness (QED) is 0.742. The molecule has 1 atom stereocenters. The van der Waals surface area contributed by atoms with Crippen molar-refractivity contribution < 1.29 is 9.59 Å². The Morgan fingerprint density at radius 3 is 2.74 bits per heavy atom. The summed E-state index contributed by atoms with van der Waals surface area (Å²) < 4.78 is 0. The molecule has 0 radical (unpaired) electrons. The lowest BCUT2D eigenvalue weighted by Crippen LogP contribution is -2.48. The van der Waals surface area contributed by atoms with E-state index >= 15 is 0 Å². The van der Waals surface area contributed by atoms with Gasteiger partial charge >= 0.3 is 0 Å². The first-order valence-corrected chi connectivity index (χ1v) is 8.97. The van der Waals surface area contributed by atoms with Crippen LogP contribution in [0.15, 0.2) is 18.2 Å². The number of likely N-dealkylation sites (tertiary alicyclic amines) is 1. The highest BCUT2D eigenvalue weighted by atomic mass is 35.5. The van der Waals surface area contributed by atoms with Crippen LogP contribution in [0.25, 0.3) is 0 Å². The molecule has 1 unspecified atom stereocenters. The van der Waals surface area contributed by atoms with Crippen LogP contribution in [0, 0.1) is 5.92 Å². The van der Waals surface area contributed by atoms with Gasteiger partial charge in [-0.05, 0) is 49.3 Å². The van der Waals surface area contributed by atoms with Gasteiger partial charge in [-0.25, -0.2) is 0 Å². The highest BCUT2D eigenvalue weighted by Crippen LogP contribution is 2.40. The Morgan fingerprint density at radius 1 is 1.30 bits per heavy atom. The second kappa shape index (κ2) is 6.82. The first kappa shape index (κ1) is 16.8. The van der Waals surface area contributed by atoms with Gasteiger partial charge < -0.3 is 9.69 Å². The number of hydrogen-bond acceptors (Lipinski definition) is 2. The number of carbonyl (C=O) groups excluding carboxylic acids is 2. The van der Waals surface area contributed by atoms with E-state index in [0.717, 1.165) is 31.2 Å². The number of rotatable bonds is 5. The summed E-state index contributed by atoms with van der Waals surface area (Å²) in [7, 11) is 0. The van der Waals surface area contributed by atoms with E-state index in [9.17, 15) is 9.59 Å². The van der Waals surface area contributed by atoms with Gasteiger partial charge in [-0.3, -0.25) is 4.79 Å². The maximum atomic E-state index is 12.5. The summed E-state index contributed by atoms with van der Waals surface area (Å²) in [6, 6.07) is 5.56. The summed E-state index contributed by atoms with van der Waals surface area (Å²) in [5, 5.41) is 1.00. The van der Waals surface area contributed by atoms with Gasteiger partial charge in [-0.15, -0.1) is 0 Å². The molecular formula is C18H21Cl2NO2. The van der Waals surface area contributed by atoms with Crippen molar-refractivity contribution in [2.24, 2.45) is 5.92 Å². The predicted octanol–water partition coefficient (Wildman–Crippen LogP) is 4.24. The minimum atomic E-state index is -0.340. The van der Waals surface area contributed by atoms with Gasteiger partial charge in [-0.2, -0.15) is 0 Å². The monoisotopic (exact) mass is 353 g/mol. The first-order chi connectivity index (χ1) is 11.0. The molecule has 1 aliphatic heterocycles. The van der Waals surface area contributed by atoms with E-state index in [2.05, 4.69) is 0 Å². The van der Waals surface area contributed by atoms with Gasteiger partial charge in [0.15, 0.2) is 0 Å². The summed E-state index contributed by atoms with van der Waals surface area (Å²) in [5.74, 6) is 0.803. The molecule has 0 bridgehead atoms. The van der Waals surface area contributed by atoms with Gasteiger partial charge in [0.1, 0.15) is 6.29 Å². The van der Waals surface area contributed by atoms with Gasteiger partial charge in [-0.1, -0.05) is 29.3 Å². The molecule has 1 aromatic rings. The Kier molecular flexibility index (Phi) is 4.98. The molecule has 2 fully saturated rings. The molecule has 5 heteroatoms. The number of benzene rings is 1. The van der Waals surface area contributed by atoms with Crippen LogP contribution < -0.4 is 0 Å². The molecule has 0 spiro atoms. The SMILES string of the molecule is O=CCC1(c2ccc(Cl)c(Cl)c2)CCCN(C(=O)CC2CC2)C1. The zero-order chi connectivity index (χ0) is 16.4. The van der Waals surface area contributed by atoms with Crippen molar-refractivity contribution in [1.82, 2.24) is 4.90 Å². The second-order valence-corrected chi connectivity index (χ2v) is 7.66. The Balaban J connectivity index is 1.84. The third-order valence-electron chi connectivity index (χ3n) is 5.10. The second-order valence-electron chi connectivity index (χ2n) is 6.85. The molecule has 3 nitrogen and oxygen atoms in total. The number of amides is 1. The maximum Gasteiger partial charge on any atom is 0.222 e. The van der Waals surface area contributed by atoms with E-state index < -0.39 is 0 Å². The molecule has 0 N–H and O–H groups in total. The fourth-order valence-corrected chi connectivity index (χ4v) is 3.85. The largest absolute Gasteiger partial charge is 0.342 e. The number of nitrogens with zero attached hydrogens (tertiary/aromatic N) is 1. The summed E-state index contributed by atoms with van der Waals surface area (Å²) in [6.45, 7) is 1.38. The van der Waals surface area contributed by atoms with Gasteiger partial charge in [0.25, 0.3) is 0 Å². The lowest BCUT2D eigenvalue weighted by Gasteiger charge is -2.42. The minimum absolute atomic E-state index is 0.225. The fourth-order valence-electron chi connectivity index (χ4n) is 3.55. The van der Waals surface area contributed by atoms with E-state index in [-0.39, 0.29) is 11.3 Å². The van der Waals surface area contributed by atoms with Gasteiger partial charge in [0.05, 0.1) is 10.0 Å². The standard InChI is InChI=1S/C18H21Cl2NO2/c19-15-5-4-14(11-16(15)20)18(7-9-22)6-1-8-21(12-18)17(23)10-13-2-3-13/h4-5,9,11,13H,1-3,6-8,10,12H2. The summed E-state index contributed by atoms with van der Waals surface area (Å²) >= 11 is 12.2. The summed E-state index contributed by atoms with van der Waals surface area (Å²) in [4.78, 5) is 25.7. The maximum absolute atomic E-state index is 12.5. The number of halogens is 2.